The zero-order valence-electron chi connectivity index (χ0n) is 20.4. The Balaban J connectivity index is 1.33. The Hall–Kier alpha value is -3.38. The predicted molar refractivity (Wildman–Crippen MR) is 143 cm³/mol. The summed E-state index contributed by atoms with van der Waals surface area (Å²) in [6.45, 7) is 5.19. The van der Waals surface area contributed by atoms with Crippen LogP contribution in [0.25, 0.3) is 21.3 Å². The lowest BCUT2D eigenvalue weighted by molar-refractivity contribution is -0.116. The summed E-state index contributed by atoms with van der Waals surface area (Å²) in [6, 6.07) is 12.0. The molecule has 11 heteroatoms. The molecule has 0 aliphatic carbocycles. The molecule has 1 saturated heterocycles. The summed E-state index contributed by atoms with van der Waals surface area (Å²) in [7, 11) is -3.62. The average Bonchev–Trinajstić information content (AvgIpc) is 3.33. The normalized spacial score (nSPS) is 14.6. The number of morpholine rings is 1. The lowest BCUT2D eigenvalue weighted by atomic mass is 10.0. The van der Waals surface area contributed by atoms with Gasteiger partial charge in [0, 0.05) is 29.7 Å². The fourth-order valence-corrected chi connectivity index (χ4v) is 6.52. The van der Waals surface area contributed by atoms with E-state index >= 15 is 0 Å². The molecule has 1 aliphatic rings. The van der Waals surface area contributed by atoms with Gasteiger partial charge in [-0.2, -0.15) is 4.31 Å². The molecular formula is C26H26N4O5S2. The minimum absolute atomic E-state index is 0.148. The van der Waals surface area contributed by atoms with Gasteiger partial charge in [-0.3, -0.25) is 14.2 Å². The smallest absolute Gasteiger partial charge is 0.263 e. The summed E-state index contributed by atoms with van der Waals surface area (Å²) in [4.78, 5) is 31.2. The first kappa shape index (κ1) is 25.3. The first-order chi connectivity index (χ1) is 17.7. The van der Waals surface area contributed by atoms with E-state index in [1.54, 1.807) is 0 Å². The molecule has 0 saturated carbocycles. The van der Waals surface area contributed by atoms with Crippen LogP contribution in [0.1, 0.15) is 11.1 Å². The van der Waals surface area contributed by atoms with Gasteiger partial charge in [-0.05, 0) is 54.8 Å². The van der Waals surface area contributed by atoms with Crippen molar-refractivity contribution in [2.75, 3.05) is 31.6 Å². The maximum atomic E-state index is 13.3. The maximum Gasteiger partial charge on any atom is 0.263 e. The third-order valence-corrected chi connectivity index (χ3v) is 9.24. The molecule has 2 aromatic carbocycles. The first-order valence-electron chi connectivity index (χ1n) is 11.8. The van der Waals surface area contributed by atoms with Crippen molar-refractivity contribution in [2.45, 2.75) is 25.3 Å². The van der Waals surface area contributed by atoms with Crippen LogP contribution >= 0.6 is 11.3 Å². The van der Waals surface area contributed by atoms with E-state index in [4.69, 9.17) is 4.74 Å². The summed E-state index contributed by atoms with van der Waals surface area (Å²) in [5.74, 6) is -0.421. The summed E-state index contributed by atoms with van der Waals surface area (Å²) in [5.41, 5.74) is 4.17. The first-order valence-corrected chi connectivity index (χ1v) is 14.1. The molecule has 0 radical (unpaired) electrons. The highest BCUT2D eigenvalue weighted by atomic mass is 32.2. The monoisotopic (exact) mass is 538 g/mol. The number of anilines is 1. The number of rotatable bonds is 6. The molecule has 0 bridgehead atoms. The van der Waals surface area contributed by atoms with Gasteiger partial charge in [0.1, 0.15) is 11.4 Å². The Kier molecular flexibility index (Phi) is 6.95. The van der Waals surface area contributed by atoms with Crippen molar-refractivity contribution in [1.82, 2.24) is 13.9 Å². The molecule has 5 rings (SSSR count). The Labute approximate surface area is 218 Å². The van der Waals surface area contributed by atoms with E-state index in [1.165, 1.54) is 56.4 Å². The van der Waals surface area contributed by atoms with E-state index in [0.717, 1.165) is 16.7 Å². The van der Waals surface area contributed by atoms with Gasteiger partial charge in [-0.15, -0.1) is 11.3 Å². The van der Waals surface area contributed by atoms with E-state index in [2.05, 4.69) is 10.3 Å². The third-order valence-electron chi connectivity index (χ3n) is 6.44. The number of carbonyl (C=O) groups is 1. The topological polar surface area (TPSA) is 111 Å². The maximum absolute atomic E-state index is 13.3. The number of nitrogens with one attached hydrogen (secondary N) is 1. The van der Waals surface area contributed by atoms with Crippen molar-refractivity contribution >= 4 is 43.2 Å². The van der Waals surface area contributed by atoms with Crippen molar-refractivity contribution in [3.8, 4) is 11.1 Å². The van der Waals surface area contributed by atoms with Crippen molar-refractivity contribution in [2.24, 2.45) is 0 Å². The molecule has 0 spiro atoms. The fraction of sp³-hybridized carbons (Fsp3) is 0.269. The van der Waals surface area contributed by atoms with Crippen LogP contribution in [0, 0.1) is 13.8 Å². The Morgan fingerprint density at radius 1 is 1.08 bits per heavy atom. The van der Waals surface area contributed by atoms with Crippen molar-refractivity contribution in [1.29, 1.82) is 0 Å². The fourth-order valence-electron chi connectivity index (χ4n) is 4.20. The van der Waals surface area contributed by atoms with E-state index in [1.807, 2.05) is 37.4 Å². The van der Waals surface area contributed by atoms with Gasteiger partial charge in [-0.1, -0.05) is 18.2 Å². The molecule has 2 aromatic heterocycles. The number of sulfonamides is 1. The molecule has 192 valence electrons. The summed E-state index contributed by atoms with van der Waals surface area (Å²) in [5, 5.41) is 5.13. The zero-order valence-corrected chi connectivity index (χ0v) is 22.1. The van der Waals surface area contributed by atoms with Crippen molar-refractivity contribution < 1.29 is 17.9 Å². The highest BCUT2D eigenvalue weighted by Gasteiger charge is 2.26. The predicted octanol–water partition coefficient (Wildman–Crippen LogP) is 3.40. The lowest BCUT2D eigenvalue weighted by Crippen LogP contribution is -2.40. The van der Waals surface area contributed by atoms with Gasteiger partial charge in [-0.25, -0.2) is 13.4 Å². The van der Waals surface area contributed by atoms with Crippen LogP contribution in [0.15, 0.2) is 63.9 Å². The van der Waals surface area contributed by atoms with Crippen LogP contribution in [0.4, 0.5) is 5.69 Å². The minimum Gasteiger partial charge on any atom is -0.379 e. The number of benzene rings is 2. The molecule has 0 atom stereocenters. The van der Waals surface area contributed by atoms with Gasteiger partial charge in [0.15, 0.2) is 0 Å². The number of nitrogens with zero attached hydrogens (tertiary/aromatic N) is 3. The number of thiophene rings is 1. The number of hydrogen-bond donors (Lipinski definition) is 1. The molecule has 9 nitrogen and oxygen atoms in total. The quantitative estimate of drug-likeness (QED) is 0.403. The van der Waals surface area contributed by atoms with Crippen molar-refractivity contribution in [3.63, 3.8) is 0 Å². The number of carbonyl (C=O) groups excluding carboxylic acids is 1. The van der Waals surface area contributed by atoms with Gasteiger partial charge >= 0.3 is 0 Å². The molecule has 4 aromatic rings. The number of ether oxygens (including phenoxy) is 1. The number of amides is 1. The Bertz CT molecular complexity index is 1640. The van der Waals surface area contributed by atoms with Crippen LogP contribution in [-0.4, -0.2) is 54.5 Å². The highest BCUT2D eigenvalue weighted by Crippen LogP contribution is 2.31. The number of aromatic nitrogens is 2. The molecule has 1 amide bonds. The highest BCUT2D eigenvalue weighted by molar-refractivity contribution is 7.89. The molecule has 3 heterocycles. The SMILES string of the molecule is Cc1ccc(-c2csc3ncn(CC(=O)Nc4ccc(S(=O)(=O)N5CCOCC5)cc4)c(=O)c23)cc1C. The van der Waals surface area contributed by atoms with Crippen LogP contribution in [-0.2, 0) is 26.1 Å². The molecule has 37 heavy (non-hydrogen) atoms. The van der Waals surface area contributed by atoms with Gasteiger partial charge in [0.2, 0.25) is 15.9 Å². The van der Waals surface area contributed by atoms with E-state index < -0.39 is 15.9 Å². The summed E-state index contributed by atoms with van der Waals surface area (Å²) < 4.78 is 33.5. The number of fused-ring (bicyclic) bond motifs is 1. The summed E-state index contributed by atoms with van der Waals surface area (Å²) in [6.07, 6.45) is 1.38. The average molecular weight is 539 g/mol. The molecule has 0 unspecified atom stereocenters. The molecule has 1 fully saturated rings. The van der Waals surface area contributed by atoms with Gasteiger partial charge in [0.25, 0.3) is 5.56 Å². The second-order valence-corrected chi connectivity index (χ2v) is 11.7. The zero-order chi connectivity index (χ0) is 26.2. The Morgan fingerprint density at radius 2 is 1.81 bits per heavy atom. The molecule has 1 aliphatic heterocycles. The second-order valence-electron chi connectivity index (χ2n) is 8.90. The van der Waals surface area contributed by atoms with E-state index in [9.17, 15) is 18.0 Å². The Morgan fingerprint density at radius 3 is 2.51 bits per heavy atom. The van der Waals surface area contributed by atoms with E-state index in [0.29, 0.717) is 42.2 Å². The minimum atomic E-state index is -3.62. The van der Waals surface area contributed by atoms with E-state index in [-0.39, 0.29) is 17.0 Å². The third kappa shape index (κ3) is 5.08. The van der Waals surface area contributed by atoms with Gasteiger partial charge < -0.3 is 10.1 Å². The second kappa shape index (κ2) is 10.2. The van der Waals surface area contributed by atoms with Crippen LogP contribution in [0.5, 0.6) is 0 Å². The molecule has 1 N–H and O–H groups in total. The standard InChI is InChI=1S/C26H26N4O5S2/c1-17-3-4-19(13-18(17)2)22-15-36-25-24(22)26(32)29(16-27-25)14-23(31)28-20-5-7-21(8-6-20)37(33,34)30-9-11-35-12-10-30/h3-8,13,15-16H,9-12,14H2,1-2H3,(H,28,31). The van der Waals surface area contributed by atoms with Crippen molar-refractivity contribution in [3.05, 3.63) is 75.7 Å². The number of hydrogen-bond acceptors (Lipinski definition) is 7. The number of aryl methyl sites for hydroxylation is 2. The molecular weight excluding hydrogens is 512 g/mol. The van der Waals surface area contributed by atoms with Crippen LogP contribution < -0.4 is 10.9 Å². The van der Waals surface area contributed by atoms with Crippen LogP contribution in [0.2, 0.25) is 0 Å². The van der Waals surface area contributed by atoms with Gasteiger partial charge in [0.05, 0.1) is 29.8 Å². The largest absolute Gasteiger partial charge is 0.379 e. The lowest BCUT2D eigenvalue weighted by Gasteiger charge is -2.26. The van der Waals surface area contributed by atoms with Crippen LogP contribution in [0.3, 0.4) is 0 Å². The summed E-state index contributed by atoms with van der Waals surface area (Å²) >= 11 is 1.39.